The number of carboxylic acid groups (broad SMARTS) is 1. The van der Waals surface area contributed by atoms with Gasteiger partial charge < -0.3 is 14.9 Å². The molecule has 1 aliphatic rings. The molecule has 0 amide bonds. The number of ether oxygens (including phenoxy) is 1. The molecule has 1 aliphatic heterocycles. The molecule has 2 N–H and O–H groups in total. The van der Waals surface area contributed by atoms with Crippen molar-refractivity contribution >= 4 is 16.9 Å². The summed E-state index contributed by atoms with van der Waals surface area (Å²) in [6, 6.07) is 9.74. The third-order valence-electron chi connectivity index (χ3n) is 4.33. The van der Waals surface area contributed by atoms with E-state index in [1.807, 2.05) is 35.2 Å². The number of aliphatic carboxylic acids is 1. The number of aliphatic hydroxyl groups is 1. The third-order valence-corrected chi connectivity index (χ3v) is 4.33. The van der Waals surface area contributed by atoms with Gasteiger partial charge in [0.15, 0.2) is 0 Å². The number of hydrogen-bond acceptors (Lipinski definition) is 5. The van der Waals surface area contributed by atoms with Crippen molar-refractivity contribution in [2.24, 2.45) is 5.92 Å². The van der Waals surface area contributed by atoms with E-state index in [1.54, 1.807) is 7.11 Å². The van der Waals surface area contributed by atoms with Crippen LogP contribution < -0.4 is 4.74 Å². The molecule has 2 atom stereocenters. The fraction of sp³-hybridized carbons (Fsp3) is 0.412. The van der Waals surface area contributed by atoms with E-state index in [4.69, 9.17) is 9.84 Å². The molecule has 1 saturated heterocycles. The van der Waals surface area contributed by atoms with E-state index < -0.39 is 18.0 Å². The second-order valence-corrected chi connectivity index (χ2v) is 5.87. The van der Waals surface area contributed by atoms with Crippen LogP contribution in [0.25, 0.3) is 10.9 Å². The van der Waals surface area contributed by atoms with Crippen LogP contribution in [0.2, 0.25) is 0 Å². The van der Waals surface area contributed by atoms with Gasteiger partial charge in [0.25, 0.3) is 0 Å². The van der Waals surface area contributed by atoms with Gasteiger partial charge >= 0.3 is 5.97 Å². The maximum Gasteiger partial charge on any atom is 0.309 e. The van der Waals surface area contributed by atoms with Crippen LogP contribution in [0.15, 0.2) is 30.3 Å². The molecule has 1 aromatic carbocycles. The van der Waals surface area contributed by atoms with Crippen LogP contribution in [0.1, 0.15) is 12.1 Å². The predicted octanol–water partition coefficient (Wildman–Crippen LogP) is 1.51. The minimum absolute atomic E-state index is 0.350. The topological polar surface area (TPSA) is 82.9 Å². The van der Waals surface area contributed by atoms with Crippen LogP contribution in [-0.2, 0) is 11.3 Å². The molecule has 2 aromatic rings. The van der Waals surface area contributed by atoms with Gasteiger partial charge in [-0.25, -0.2) is 4.98 Å². The Bertz CT molecular complexity index is 719. The molecule has 0 spiro atoms. The number of pyridine rings is 1. The summed E-state index contributed by atoms with van der Waals surface area (Å²) < 4.78 is 5.35. The van der Waals surface area contributed by atoms with Gasteiger partial charge in [-0.2, -0.15) is 0 Å². The van der Waals surface area contributed by atoms with E-state index in [1.165, 1.54) is 0 Å². The van der Waals surface area contributed by atoms with Crippen molar-refractivity contribution < 1.29 is 19.7 Å². The van der Waals surface area contributed by atoms with Crippen LogP contribution in [0.4, 0.5) is 0 Å². The molecule has 0 bridgehead atoms. The third kappa shape index (κ3) is 3.28. The monoisotopic (exact) mass is 316 g/mol. The van der Waals surface area contributed by atoms with Gasteiger partial charge in [-0.1, -0.05) is 18.2 Å². The highest BCUT2D eigenvalue weighted by Crippen LogP contribution is 2.25. The second-order valence-electron chi connectivity index (χ2n) is 5.87. The highest BCUT2D eigenvalue weighted by atomic mass is 16.5. The Kier molecular flexibility index (Phi) is 4.45. The lowest BCUT2D eigenvalue weighted by Gasteiger charge is -2.33. The largest absolute Gasteiger partial charge is 0.494 e. The number of carboxylic acids is 1. The maximum atomic E-state index is 11.0. The zero-order chi connectivity index (χ0) is 16.4. The molecular formula is C17H20N2O4. The number of fused-ring (bicyclic) bond motifs is 1. The minimum atomic E-state index is -0.925. The molecule has 3 rings (SSSR count). The van der Waals surface area contributed by atoms with Crippen LogP contribution in [0.5, 0.6) is 5.75 Å². The van der Waals surface area contributed by atoms with Gasteiger partial charge in [0.05, 0.1) is 24.8 Å². The number of aromatic nitrogens is 1. The Hall–Kier alpha value is -2.18. The summed E-state index contributed by atoms with van der Waals surface area (Å²) >= 11 is 0. The Balaban J connectivity index is 1.76. The Morgan fingerprint density at radius 2 is 2.22 bits per heavy atom. The van der Waals surface area contributed by atoms with Crippen molar-refractivity contribution in [3.8, 4) is 5.75 Å². The number of β-amino-alcohol motifs (C(OH)–C–C–N with tert-alkyl or cyclic N) is 1. The van der Waals surface area contributed by atoms with Crippen LogP contribution in [0, 0.1) is 5.92 Å². The standard InChI is InChI=1S/C17H20N2O4/c1-23-15-4-2-3-11-5-6-12(18-16(11)15)9-19-8-7-13(17(21)22)14(20)10-19/h2-6,13-14,20H,7-10H2,1H3,(H,21,22)/t13-,14+/m0/s1. The fourth-order valence-electron chi connectivity index (χ4n) is 3.07. The van der Waals surface area contributed by atoms with Gasteiger partial charge in [-0.05, 0) is 25.1 Å². The number of hydrogen-bond donors (Lipinski definition) is 2. The predicted molar refractivity (Wildman–Crippen MR) is 85.3 cm³/mol. The zero-order valence-corrected chi connectivity index (χ0v) is 13.0. The van der Waals surface area contributed by atoms with Crippen molar-refractivity contribution in [1.82, 2.24) is 9.88 Å². The summed E-state index contributed by atoms with van der Waals surface area (Å²) in [5, 5.41) is 20.0. The highest BCUT2D eigenvalue weighted by Gasteiger charge is 2.32. The molecule has 1 fully saturated rings. The van der Waals surface area contributed by atoms with Gasteiger partial charge in [-0.15, -0.1) is 0 Å². The molecule has 0 radical (unpaired) electrons. The molecule has 0 unspecified atom stereocenters. The normalized spacial score (nSPS) is 22.2. The first-order valence-corrected chi connectivity index (χ1v) is 7.64. The van der Waals surface area contributed by atoms with Crippen LogP contribution >= 0.6 is 0 Å². The summed E-state index contributed by atoms with van der Waals surface area (Å²) in [6.45, 7) is 1.57. The first kappa shape index (κ1) is 15.7. The van der Waals surface area contributed by atoms with Crippen LogP contribution in [0.3, 0.4) is 0 Å². The number of para-hydroxylation sites is 1. The number of benzene rings is 1. The Morgan fingerprint density at radius 1 is 1.39 bits per heavy atom. The molecular weight excluding hydrogens is 296 g/mol. The van der Waals surface area contributed by atoms with E-state index in [-0.39, 0.29) is 0 Å². The molecule has 0 saturated carbocycles. The summed E-state index contributed by atoms with van der Waals surface area (Å²) in [5.74, 6) is -0.865. The number of rotatable bonds is 4. The van der Waals surface area contributed by atoms with Gasteiger partial charge in [0.2, 0.25) is 0 Å². The number of carbonyl (C=O) groups is 1. The maximum absolute atomic E-state index is 11.0. The SMILES string of the molecule is COc1cccc2ccc(CN3CC[C@H](C(=O)O)[C@H](O)C3)nc12. The summed E-state index contributed by atoms with van der Waals surface area (Å²) in [6.07, 6.45) is -0.385. The van der Waals surface area contributed by atoms with Crippen molar-refractivity contribution in [3.05, 3.63) is 36.0 Å². The first-order chi connectivity index (χ1) is 11.1. The average molecular weight is 316 g/mol. The van der Waals surface area contributed by atoms with E-state index >= 15 is 0 Å². The number of nitrogens with zero attached hydrogens (tertiary/aromatic N) is 2. The van der Waals surface area contributed by atoms with E-state index in [9.17, 15) is 9.90 Å². The molecule has 23 heavy (non-hydrogen) atoms. The average Bonchev–Trinajstić information content (AvgIpc) is 2.54. The van der Waals surface area contributed by atoms with E-state index in [2.05, 4.69) is 4.98 Å². The van der Waals surface area contributed by atoms with Crippen molar-refractivity contribution in [2.45, 2.75) is 19.1 Å². The van der Waals surface area contributed by atoms with Crippen molar-refractivity contribution in [1.29, 1.82) is 0 Å². The molecule has 6 nitrogen and oxygen atoms in total. The van der Waals surface area contributed by atoms with Gasteiger partial charge in [0, 0.05) is 18.5 Å². The summed E-state index contributed by atoms with van der Waals surface area (Å²) in [5.41, 5.74) is 1.69. The van der Waals surface area contributed by atoms with Gasteiger partial charge in [0.1, 0.15) is 11.3 Å². The summed E-state index contributed by atoms with van der Waals surface area (Å²) in [7, 11) is 1.62. The highest BCUT2D eigenvalue weighted by molar-refractivity contribution is 5.84. The zero-order valence-electron chi connectivity index (χ0n) is 13.0. The van der Waals surface area contributed by atoms with Crippen molar-refractivity contribution in [2.75, 3.05) is 20.2 Å². The quantitative estimate of drug-likeness (QED) is 0.890. The molecule has 0 aliphatic carbocycles. The lowest BCUT2D eigenvalue weighted by Crippen LogP contribution is -2.46. The van der Waals surface area contributed by atoms with Gasteiger partial charge in [-0.3, -0.25) is 9.69 Å². The van der Waals surface area contributed by atoms with E-state index in [0.29, 0.717) is 26.1 Å². The molecule has 122 valence electrons. The molecule has 6 heteroatoms. The minimum Gasteiger partial charge on any atom is -0.494 e. The smallest absolute Gasteiger partial charge is 0.309 e. The fourth-order valence-corrected chi connectivity index (χ4v) is 3.07. The molecule has 2 heterocycles. The number of methoxy groups -OCH3 is 1. The lowest BCUT2D eigenvalue weighted by molar-refractivity contribution is -0.148. The lowest BCUT2D eigenvalue weighted by atomic mass is 9.94. The number of likely N-dealkylation sites (tertiary alicyclic amines) is 1. The second kappa shape index (κ2) is 6.52. The summed E-state index contributed by atoms with van der Waals surface area (Å²) in [4.78, 5) is 17.7. The van der Waals surface area contributed by atoms with Crippen molar-refractivity contribution in [3.63, 3.8) is 0 Å². The Labute approximate surface area is 134 Å². The first-order valence-electron chi connectivity index (χ1n) is 7.64. The molecule has 1 aromatic heterocycles. The number of aliphatic hydroxyl groups excluding tert-OH is 1. The van der Waals surface area contributed by atoms with E-state index in [0.717, 1.165) is 22.3 Å². The Morgan fingerprint density at radius 3 is 2.91 bits per heavy atom. The van der Waals surface area contributed by atoms with Crippen LogP contribution in [-0.4, -0.2) is 52.4 Å². The number of piperidine rings is 1.